The number of alkyl halides is 2. The molecule has 0 aliphatic carbocycles. The lowest BCUT2D eigenvalue weighted by atomic mass is 10.0. The molecule has 2 unspecified atom stereocenters. The SMILES string of the molecule is CC(N)C1CCN(Cc2ccc(OC(F)F)cc2)C1. The van der Waals surface area contributed by atoms with Crippen molar-refractivity contribution in [1.29, 1.82) is 0 Å². The Morgan fingerprint density at radius 3 is 2.58 bits per heavy atom. The molecule has 1 heterocycles. The van der Waals surface area contributed by atoms with Crippen LogP contribution in [0.4, 0.5) is 8.78 Å². The predicted octanol–water partition coefficient (Wildman–Crippen LogP) is 2.46. The highest BCUT2D eigenvalue weighted by Gasteiger charge is 2.24. The summed E-state index contributed by atoms with van der Waals surface area (Å²) in [7, 11) is 0. The second kappa shape index (κ2) is 6.30. The molecule has 2 N–H and O–H groups in total. The van der Waals surface area contributed by atoms with E-state index in [0.29, 0.717) is 5.92 Å². The van der Waals surface area contributed by atoms with Crippen LogP contribution in [0.5, 0.6) is 5.75 Å². The van der Waals surface area contributed by atoms with Gasteiger partial charge in [0.05, 0.1) is 0 Å². The van der Waals surface area contributed by atoms with Crippen LogP contribution in [0.25, 0.3) is 0 Å². The van der Waals surface area contributed by atoms with E-state index in [1.807, 2.05) is 19.1 Å². The molecule has 106 valence electrons. The third-order valence-corrected chi connectivity index (χ3v) is 3.61. The molecule has 3 nitrogen and oxygen atoms in total. The van der Waals surface area contributed by atoms with E-state index in [9.17, 15) is 8.78 Å². The van der Waals surface area contributed by atoms with Gasteiger partial charge in [-0.2, -0.15) is 8.78 Å². The van der Waals surface area contributed by atoms with Crippen molar-refractivity contribution in [2.24, 2.45) is 11.7 Å². The van der Waals surface area contributed by atoms with Crippen molar-refractivity contribution >= 4 is 0 Å². The van der Waals surface area contributed by atoms with E-state index >= 15 is 0 Å². The minimum Gasteiger partial charge on any atom is -0.435 e. The first-order chi connectivity index (χ1) is 9.04. The largest absolute Gasteiger partial charge is 0.435 e. The van der Waals surface area contributed by atoms with Crippen molar-refractivity contribution in [3.8, 4) is 5.75 Å². The van der Waals surface area contributed by atoms with Crippen LogP contribution in [-0.2, 0) is 6.54 Å². The maximum Gasteiger partial charge on any atom is 0.387 e. The van der Waals surface area contributed by atoms with Crippen LogP contribution >= 0.6 is 0 Å². The first-order valence-electron chi connectivity index (χ1n) is 6.56. The first kappa shape index (κ1) is 14.2. The lowest BCUT2D eigenvalue weighted by Crippen LogP contribution is -2.29. The summed E-state index contributed by atoms with van der Waals surface area (Å²) >= 11 is 0. The highest BCUT2D eigenvalue weighted by Crippen LogP contribution is 2.22. The summed E-state index contributed by atoms with van der Waals surface area (Å²) in [6.45, 7) is 2.16. The maximum absolute atomic E-state index is 12.0. The molecule has 1 aliphatic heterocycles. The Morgan fingerprint density at radius 1 is 1.37 bits per heavy atom. The molecule has 0 bridgehead atoms. The van der Waals surface area contributed by atoms with Crippen molar-refractivity contribution in [2.45, 2.75) is 32.5 Å². The summed E-state index contributed by atoms with van der Waals surface area (Å²) in [5, 5.41) is 0. The predicted molar refractivity (Wildman–Crippen MR) is 70.1 cm³/mol. The van der Waals surface area contributed by atoms with Crippen LogP contribution in [-0.4, -0.2) is 30.6 Å². The number of ether oxygens (including phenoxy) is 1. The fourth-order valence-electron chi connectivity index (χ4n) is 2.47. The zero-order valence-electron chi connectivity index (χ0n) is 11.1. The minimum absolute atomic E-state index is 0.202. The fraction of sp³-hybridized carbons (Fsp3) is 0.571. The van der Waals surface area contributed by atoms with Crippen molar-refractivity contribution < 1.29 is 13.5 Å². The van der Waals surface area contributed by atoms with E-state index < -0.39 is 6.61 Å². The molecule has 1 aliphatic rings. The molecule has 0 saturated carbocycles. The third kappa shape index (κ3) is 4.14. The van der Waals surface area contributed by atoms with Crippen molar-refractivity contribution in [2.75, 3.05) is 13.1 Å². The lowest BCUT2D eigenvalue weighted by Gasteiger charge is -2.18. The van der Waals surface area contributed by atoms with Gasteiger partial charge in [-0.15, -0.1) is 0 Å². The highest BCUT2D eigenvalue weighted by atomic mass is 19.3. The normalized spacial score (nSPS) is 21.8. The van der Waals surface area contributed by atoms with Gasteiger partial charge in [0.1, 0.15) is 5.75 Å². The Labute approximate surface area is 112 Å². The number of likely N-dealkylation sites (tertiary alicyclic amines) is 1. The standard InChI is InChI=1S/C14H20F2N2O/c1-10(17)12-6-7-18(9-12)8-11-2-4-13(5-3-11)19-14(15)16/h2-5,10,12,14H,6-9,17H2,1H3. The molecule has 2 rings (SSSR count). The number of hydrogen-bond acceptors (Lipinski definition) is 3. The monoisotopic (exact) mass is 270 g/mol. The number of benzene rings is 1. The Hall–Kier alpha value is -1.20. The first-order valence-corrected chi connectivity index (χ1v) is 6.56. The fourth-order valence-corrected chi connectivity index (χ4v) is 2.47. The van der Waals surface area contributed by atoms with Gasteiger partial charge in [0, 0.05) is 19.1 Å². The molecule has 0 spiro atoms. The molecular formula is C14H20F2N2O. The molecule has 0 aromatic heterocycles. The molecular weight excluding hydrogens is 250 g/mol. The van der Waals surface area contributed by atoms with Gasteiger partial charge in [-0.1, -0.05) is 12.1 Å². The molecule has 2 atom stereocenters. The van der Waals surface area contributed by atoms with Gasteiger partial charge >= 0.3 is 6.61 Å². The molecule has 1 aromatic rings. The highest BCUT2D eigenvalue weighted by molar-refractivity contribution is 5.27. The average molecular weight is 270 g/mol. The molecule has 0 radical (unpaired) electrons. The number of nitrogens with zero attached hydrogens (tertiary/aromatic N) is 1. The van der Waals surface area contributed by atoms with Crippen LogP contribution < -0.4 is 10.5 Å². The van der Waals surface area contributed by atoms with Gasteiger partial charge in [-0.25, -0.2) is 0 Å². The minimum atomic E-state index is -2.77. The molecule has 1 fully saturated rings. The Morgan fingerprint density at radius 2 is 2.05 bits per heavy atom. The second-order valence-electron chi connectivity index (χ2n) is 5.17. The third-order valence-electron chi connectivity index (χ3n) is 3.61. The van der Waals surface area contributed by atoms with Crippen LogP contribution in [0.2, 0.25) is 0 Å². The Kier molecular flexibility index (Phi) is 4.71. The summed E-state index contributed by atoms with van der Waals surface area (Å²) in [6.07, 6.45) is 1.13. The van der Waals surface area contributed by atoms with Crippen LogP contribution in [0.15, 0.2) is 24.3 Å². The number of nitrogens with two attached hydrogens (primary N) is 1. The topological polar surface area (TPSA) is 38.5 Å². The molecule has 0 amide bonds. The zero-order valence-corrected chi connectivity index (χ0v) is 11.1. The van der Waals surface area contributed by atoms with Gasteiger partial charge in [-0.05, 0) is 43.5 Å². The molecule has 1 saturated heterocycles. The number of rotatable bonds is 5. The zero-order chi connectivity index (χ0) is 13.8. The smallest absolute Gasteiger partial charge is 0.387 e. The van der Waals surface area contributed by atoms with Gasteiger partial charge in [0.25, 0.3) is 0 Å². The summed E-state index contributed by atoms with van der Waals surface area (Å²) in [4.78, 5) is 2.34. The van der Waals surface area contributed by atoms with E-state index in [-0.39, 0.29) is 11.8 Å². The van der Waals surface area contributed by atoms with Crippen molar-refractivity contribution in [1.82, 2.24) is 4.90 Å². The van der Waals surface area contributed by atoms with Gasteiger partial charge in [-0.3, -0.25) is 4.90 Å². The van der Waals surface area contributed by atoms with Gasteiger partial charge in [0.2, 0.25) is 0 Å². The summed E-state index contributed by atoms with van der Waals surface area (Å²) in [5.74, 6) is 0.759. The molecule has 5 heteroatoms. The maximum atomic E-state index is 12.0. The van der Waals surface area contributed by atoms with Crippen molar-refractivity contribution in [3.05, 3.63) is 29.8 Å². The lowest BCUT2D eigenvalue weighted by molar-refractivity contribution is -0.0498. The Balaban J connectivity index is 1.86. The Bertz CT molecular complexity index is 395. The summed E-state index contributed by atoms with van der Waals surface area (Å²) in [6, 6.07) is 7.06. The quantitative estimate of drug-likeness (QED) is 0.893. The van der Waals surface area contributed by atoms with E-state index in [0.717, 1.165) is 31.6 Å². The van der Waals surface area contributed by atoms with Gasteiger partial charge in [0.15, 0.2) is 0 Å². The van der Waals surface area contributed by atoms with E-state index in [4.69, 9.17) is 5.73 Å². The van der Waals surface area contributed by atoms with E-state index in [2.05, 4.69) is 9.64 Å². The van der Waals surface area contributed by atoms with Crippen LogP contribution in [0.3, 0.4) is 0 Å². The summed E-state index contributed by atoms with van der Waals surface area (Å²) < 4.78 is 28.4. The van der Waals surface area contributed by atoms with Crippen LogP contribution in [0.1, 0.15) is 18.9 Å². The van der Waals surface area contributed by atoms with Crippen molar-refractivity contribution in [3.63, 3.8) is 0 Å². The van der Waals surface area contributed by atoms with Crippen LogP contribution in [0, 0.1) is 5.92 Å². The van der Waals surface area contributed by atoms with Gasteiger partial charge < -0.3 is 10.5 Å². The number of hydrogen-bond donors (Lipinski definition) is 1. The molecule has 1 aromatic carbocycles. The average Bonchev–Trinajstić information content (AvgIpc) is 2.80. The number of halogens is 2. The summed E-state index contributed by atoms with van der Waals surface area (Å²) in [5.41, 5.74) is 7.01. The van der Waals surface area contributed by atoms with E-state index in [1.165, 1.54) is 0 Å². The second-order valence-corrected chi connectivity index (χ2v) is 5.17. The molecule has 19 heavy (non-hydrogen) atoms. The van der Waals surface area contributed by atoms with E-state index in [1.54, 1.807) is 12.1 Å².